The van der Waals surface area contributed by atoms with E-state index in [4.69, 9.17) is 33.2 Å². The Morgan fingerprint density at radius 1 is 0.537 bits per heavy atom. The third-order valence-electron chi connectivity index (χ3n) is 7.94. The molecule has 0 aromatic carbocycles. The fourth-order valence-corrected chi connectivity index (χ4v) is 5.37. The molecule has 0 aromatic rings. The van der Waals surface area contributed by atoms with E-state index in [9.17, 15) is 51.1 Å². The molecule has 0 radical (unpaired) electrons. The first-order chi connectivity index (χ1) is 19.4. The molecular weight excluding hydrogens is 560 g/mol. The third kappa shape index (κ3) is 7.02. The summed E-state index contributed by atoms with van der Waals surface area (Å²) in [4.78, 5) is 0. The first-order valence-electron chi connectivity index (χ1n) is 13.6. The first kappa shape index (κ1) is 33.2. The summed E-state index contributed by atoms with van der Waals surface area (Å²) in [5.41, 5.74) is 0. The minimum atomic E-state index is -1.86. The molecular formula is C24H42O17. The molecule has 4 aliphatic rings. The van der Waals surface area contributed by atoms with Crippen LogP contribution in [0.4, 0.5) is 0 Å². The third-order valence-corrected chi connectivity index (χ3v) is 7.94. The summed E-state index contributed by atoms with van der Waals surface area (Å²) in [6.45, 7) is 1.58. The summed E-state index contributed by atoms with van der Waals surface area (Å²) in [5.74, 6) is 0. The van der Waals surface area contributed by atoms with Crippen LogP contribution in [0.5, 0.6) is 0 Å². The predicted octanol–water partition coefficient (Wildman–Crippen LogP) is -5.64. The molecule has 17 nitrogen and oxygen atoms in total. The summed E-state index contributed by atoms with van der Waals surface area (Å²) in [6.07, 6.45) is -25.4. The molecule has 0 unspecified atom stereocenters. The van der Waals surface area contributed by atoms with Gasteiger partial charge in [0.1, 0.15) is 67.1 Å². The van der Waals surface area contributed by atoms with Crippen molar-refractivity contribution >= 4 is 0 Å². The summed E-state index contributed by atoms with van der Waals surface area (Å²) >= 11 is 0. The van der Waals surface area contributed by atoms with Gasteiger partial charge in [-0.15, -0.1) is 0 Å². The molecule has 4 aliphatic heterocycles. The van der Waals surface area contributed by atoms with Gasteiger partial charge < -0.3 is 84.2 Å². The second-order valence-corrected chi connectivity index (χ2v) is 10.8. The molecule has 0 aromatic heterocycles. The normalized spacial score (nSPS) is 53.3. The molecule has 4 rings (SSSR count). The fourth-order valence-electron chi connectivity index (χ4n) is 5.37. The lowest BCUT2D eigenvalue weighted by Gasteiger charge is -2.49. The standard InChI is InChI=1S/C24H42O17/c1-7-9(27)3-4-12(35-7)39-20-14(29)11(6-26)38-24(40-19-8(2)36-22(34)17(32)16(19)31)21(20)41-23-18(33)15(30)13(28)10(5-25)37-23/h7-34H,3-6H2,1-2H3/t7-,8+,9-,10-,11-,12-,13+,14-,15+,16+,17-,18-,19+,20+,21+,22-,23-,24-/m1/s1. The number of rotatable bonds is 8. The van der Waals surface area contributed by atoms with Gasteiger partial charge in [-0.3, -0.25) is 0 Å². The van der Waals surface area contributed by atoms with E-state index in [1.807, 2.05) is 0 Å². The highest BCUT2D eigenvalue weighted by Gasteiger charge is 2.54. The topological polar surface area (TPSA) is 267 Å². The monoisotopic (exact) mass is 602 g/mol. The Morgan fingerprint density at radius 3 is 1.78 bits per heavy atom. The van der Waals surface area contributed by atoms with Crippen LogP contribution in [0.3, 0.4) is 0 Å². The van der Waals surface area contributed by atoms with Crippen molar-refractivity contribution in [3.05, 3.63) is 0 Å². The maximum Gasteiger partial charge on any atom is 0.187 e. The lowest BCUT2D eigenvalue weighted by molar-refractivity contribution is -0.397. The number of hydrogen-bond donors (Lipinski definition) is 10. The predicted molar refractivity (Wildman–Crippen MR) is 128 cm³/mol. The Bertz CT molecular complexity index is 821. The zero-order valence-electron chi connectivity index (χ0n) is 22.6. The van der Waals surface area contributed by atoms with Gasteiger partial charge in [-0.2, -0.15) is 0 Å². The van der Waals surface area contributed by atoms with Crippen molar-refractivity contribution in [2.24, 2.45) is 0 Å². The highest BCUT2D eigenvalue weighted by Crippen LogP contribution is 2.35. The molecule has 4 saturated heterocycles. The van der Waals surface area contributed by atoms with Gasteiger partial charge in [0.05, 0.1) is 31.5 Å². The number of ether oxygens (including phenoxy) is 7. The molecule has 240 valence electrons. The first-order valence-corrected chi connectivity index (χ1v) is 13.6. The van der Waals surface area contributed by atoms with Crippen LogP contribution in [0.1, 0.15) is 26.7 Å². The van der Waals surface area contributed by atoms with Crippen molar-refractivity contribution in [1.82, 2.24) is 0 Å². The lowest BCUT2D eigenvalue weighted by Crippen LogP contribution is -2.67. The van der Waals surface area contributed by atoms with Crippen LogP contribution < -0.4 is 0 Å². The summed E-state index contributed by atoms with van der Waals surface area (Å²) in [6, 6.07) is 0. The van der Waals surface area contributed by atoms with Crippen molar-refractivity contribution in [3.63, 3.8) is 0 Å². The van der Waals surface area contributed by atoms with Gasteiger partial charge in [0.15, 0.2) is 25.2 Å². The molecule has 0 spiro atoms. The molecule has 0 aliphatic carbocycles. The van der Waals surface area contributed by atoms with Crippen LogP contribution in [-0.2, 0) is 33.2 Å². The molecule has 18 atom stereocenters. The van der Waals surface area contributed by atoms with Crippen molar-refractivity contribution in [1.29, 1.82) is 0 Å². The number of aliphatic hydroxyl groups is 10. The molecule has 10 N–H and O–H groups in total. The highest BCUT2D eigenvalue weighted by atomic mass is 16.8. The summed E-state index contributed by atoms with van der Waals surface area (Å²) in [5, 5.41) is 102. The molecule has 4 heterocycles. The van der Waals surface area contributed by atoms with E-state index < -0.39 is 124 Å². The Labute approximate surface area is 235 Å². The van der Waals surface area contributed by atoms with Crippen molar-refractivity contribution in [2.45, 2.75) is 137 Å². The number of aliphatic hydroxyl groups excluding tert-OH is 10. The van der Waals surface area contributed by atoms with Crippen LogP contribution in [0, 0.1) is 0 Å². The van der Waals surface area contributed by atoms with E-state index in [1.165, 1.54) is 6.92 Å². The second kappa shape index (κ2) is 14.0. The van der Waals surface area contributed by atoms with Crippen LogP contribution in [0.15, 0.2) is 0 Å². The quantitative estimate of drug-likeness (QED) is 0.124. The van der Waals surface area contributed by atoms with Crippen LogP contribution in [0.2, 0.25) is 0 Å². The molecule has 4 fully saturated rings. The Kier molecular flexibility index (Phi) is 11.3. The molecule has 41 heavy (non-hydrogen) atoms. The van der Waals surface area contributed by atoms with Gasteiger partial charge in [0.25, 0.3) is 0 Å². The van der Waals surface area contributed by atoms with Crippen molar-refractivity contribution in [2.75, 3.05) is 13.2 Å². The van der Waals surface area contributed by atoms with Crippen molar-refractivity contribution < 1.29 is 84.2 Å². The van der Waals surface area contributed by atoms with E-state index in [0.29, 0.717) is 6.42 Å². The van der Waals surface area contributed by atoms with Gasteiger partial charge in [-0.05, 0) is 20.3 Å². The molecule has 0 bridgehead atoms. The maximum atomic E-state index is 11.1. The zero-order chi connectivity index (χ0) is 30.2. The van der Waals surface area contributed by atoms with Crippen LogP contribution in [-0.4, -0.2) is 175 Å². The Morgan fingerprint density at radius 2 is 1.15 bits per heavy atom. The van der Waals surface area contributed by atoms with E-state index in [2.05, 4.69) is 0 Å². The summed E-state index contributed by atoms with van der Waals surface area (Å²) < 4.78 is 40.0. The Balaban J connectivity index is 1.64. The smallest absolute Gasteiger partial charge is 0.187 e. The Hall–Kier alpha value is -0.680. The van der Waals surface area contributed by atoms with E-state index in [0.717, 1.165) is 0 Å². The SMILES string of the molecule is C[C@@H]1O[C@@H](O)[C@H](O)[C@H](O)[C@H]1O[C@H]1O[C@H](CO)[C@@H](O)[C@H](O[C@@H]2CC[C@@H](O)[C@@H](C)O2)[C@@H]1O[C@H]1O[C@H](CO)[C@H](O)[C@H](O)[C@H]1O. The maximum absolute atomic E-state index is 11.1. The minimum absolute atomic E-state index is 0.202. The van der Waals surface area contributed by atoms with Gasteiger partial charge in [-0.25, -0.2) is 0 Å². The van der Waals surface area contributed by atoms with Gasteiger partial charge in [-0.1, -0.05) is 0 Å². The van der Waals surface area contributed by atoms with Crippen molar-refractivity contribution in [3.8, 4) is 0 Å². The van der Waals surface area contributed by atoms with E-state index in [-0.39, 0.29) is 6.42 Å². The fraction of sp³-hybridized carbons (Fsp3) is 1.00. The second-order valence-electron chi connectivity index (χ2n) is 10.8. The lowest BCUT2D eigenvalue weighted by atomic mass is 9.96. The van der Waals surface area contributed by atoms with Gasteiger partial charge in [0.2, 0.25) is 0 Å². The molecule has 0 saturated carbocycles. The van der Waals surface area contributed by atoms with Crippen LogP contribution in [0.25, 0.3) is 0 Å². The zero-order valence-corrected chi connectivity index (χ0v) is 22.6. The van der Waals surface area contributed by atoms with Gasteiger partial charge >= 0.3 is 0 Å². The average Bonchev–Trinajstić information content (AvgIpc) is 2.94. The minimum Gasteiger partial charge on any atom is -0.394 e. The summed E-state index contributed by atoms with van der Waals surface area (Å²) in [7, 11) is 0. The average molecular weight is 603 g/mol. The molecule has 0 amide bonds. The van der Waals surface area contributed by atoms with Gasteiger partial charge in [0, 0.05) is 6.42 Å². The van der Waals surface area contributed by atoms with Crippen LogP contribution >= 0.6 is 0 Å². The van der Waals surface area contributed by atoms with E-state index in [1.54, 1.807) is 6.92 Å². The van der Waals surface area contributed by atoms with E-state index >= 15 is 0 Å². The molecule has 17 heteroatoms. The largest absolute Gasteiger partial charge is 0.394 e. The highest BCUT2D eigenvalue weighted by molar-refractivity contribution is 4.97. The number of hydrogen-bond acceptors (Lipinski definition) is 17.